The van der Waals surface area contributed by atoms with Gasteiger partial charge < -0.3 is 9.64 Å². The van der Waals surface area contributed by atoms with E-state index in [0.717, 1.165) is 41.4 Å². The van der Waals surface area contributed by atoms with Crippen molar-refractivity contribution in [1.82, 2.24) is 14.6 Å². The quantitative estimate of drug-likeness (QED) is 0.397. The zero-order chi connectivity index (χ0) is 21.0. The average Bonchev–Trinajstić information content (AvgIpc) is 3.25. The summed E-state index contributed by atoms with van der Waals surface area (Å²) in [6.07, 6.45) is 1.80. The van der Waals surface area contributed by atoms with Crippen molar-refractivity contribution < 1.29 is 4.74 Å². The molecule has 0 saturated carbocycles. The van der Waals surface area contributed by atoms with Gasteiger partial charge in [-0.15, -0.1) is 0 Å². The summed E-state index contributed by atoms with van der Waals surface area (Å²) in [7, 11) is 0. The molecule has 5 rings (SSSR count). The van der Waals surface area contributed by atoms with E-state index in [2.05, 4.69) is 46.6 Å². The van der Waals surface area contributed by atoms with Gasteiger partial charge >= 0.3 is 0 Å². The molecule has 0 bridgehead atoms. The zero-order valence-corrected chi connectivity index (χ0v) is 17.4. The maximum atomic E-state index is 5.53. The molecule has 1 aliphatic heterocycles. The smallest absolute Gasteiger partial charge is 0.160 e. The van der Waals surface area contributed by atoms with E-state index in [1.54, 1.807) is 6.21 Å². The SMILES string of the molecule is Cc1ccc(/C=N/Nc2cc(N3CCOCC3)n3nc(-c4ccccc4)cc3n2)cc1. The summed E-state index contributed by atoms with van der Waals surface area (Å²) in [6.45, 7) is 5.09. The minimum atomic E-state index is 0.678. The van der Waals surface area contributed by atoms with Crippen LogP contribution >= 0.6 is 0 Å². The largest absolute Gasteiger partial charge is 0.378 e. The third kappa shape index (κ3) is 4.27. The zero-order valence-electron chi connectivity index (χ0n) is 17.4. The summed E-state index contributed by atoms with van der Waals surface area (Å²) in [5.74, 6) is 1.65. The Hall–Kier alpha value is -3.71. The number of hydrogen-bond acceptors (Lipinski definition) is 6. The van der Waals surface area contributed by atoms with Gasteiger partial charge in [-0.3, -0.25) is 5.43 Å². The molecule has 1 N–H and O–H groups in total. The summed E-state index contributed by atoms with van der Waals surface area (Å²) in [4.78, 5) is 7.01. The van der Waals surface area contributed by atoms with E-state index in [9.17, 15) is 0 Å². The number of benzene rings is 2. The number of aromatic nitrogens is 3. The monoisotopic (exact) mass is 412 g/mol. The number of fused-ring (bicyclic) bond motifs is 1. The number of hydrazone groups is 1. The van der Waals surface area contributed by atoms with Crippen LogP contribution in [0.15, 0.2) is 71.8 Å². The van der Waals surface area contributed by atoms with Crippen LogP contribution in [0.2, 0.25) is 0 Å². The van der Waals surface area contributed by atoms with Crippen molar-refractivity contribution in [1.29, 1.82) is 0 Å². The second kappa shape index (κ2) is 8.57. The minimum absolute atomic E-state index is 0.678. The normalized spacial score (nSPS) is 14.4. The molecule has 0 aliphatic carbocycles. The van der Waals surface area contributed by atoms with Gasteiger partial charge in [0.2, 0.25) is 0 Å². The summed E-state index contributed by atoms with van der Waals surface area (Å²) in [5.41, 5.74) is 8.07. The van der Waals surface area contributed by atoms with Crippen molar-refractivity contribution in [3.05, 3.63) is 77.9 Å². The third-order valence-electron chi connectivity index (χ3n) is 5.28. The Kier molecular flexibility index (Phi) is 5.33. The number of nitrogens with zero attached hydrogens (tertiary/aromatic N) is 5. The van der Waals surface area contributed by atoms with E-state index in [0.29, 0.717) is 19.0 Å². The first-order valence-electron chi connectivity index (χ1n) is 10.4. The fourth-order valence-electron chi connectivity index (χ4n) is 3.61. The molecule has 1 saturated heterocycles. The first kappa shape index (κ1) is 19.3. The van der Waals surface area contributed by atoms with Crippen LogP contribution in [0.3, 0.4) is 0 Å². The van der Waals surface area contributed by atoms with Crippen LogP contribution in [0.1, 0.15) is 11.1 Å². The van der Waals surface area contributed by atoms with Crippen LogP contribution in [-0.2, 0) is 4.74 Å². The number of aryl methyl sites for hydroxylation is 1. The molecule has 0 spiro atoms. The van der Waals surface area contributed by atoms with Gasteiger partial charge in [-0.1, -0.05) is 60.2 Å². The molecule has 156 valence electrons. The molecule has 1 aliphatic rings. The molecule has 0 unspecified atom stereocenters. The second-order valence-corrected chi connectivity index (χ2v) is 7.55. The molecule has 2 aromatic heterocycles. The number of hydrogen-bond donors (Lipinski definition) is 1. The van der Waals surface area contributed by atoms with Gasteiger partial charge in [-0.25, -0.2) is 4.98 Å². The lowest BCUT2D eigenvalue weighted by molar-refractivity contribution is 0.122. The van der Waals surface area contributed by atoms with Gasteiger partial charge in [0.15, 0.2) is 11.5 Å². The van der Waals surface area contributed by atoms with Crippen molar-refractivity contribution in [3.8, 4) is 11.3 Å². The van der Waals surface area contributed by atoms with Crippen LogP contribution in [0.4, 0.5) is 11.6 Å². The number of nitrogens with one attached hydrogen (secondary N) is 1. The van der Waals surface area contributed by atoms with Crippen molar-refractivity contribution >= 4 is 23.5 Å². The Balaban J connectivity index is 1.49. The standard InChI is InChI=1S/C24H24N6O/c1-18-7-9-19(10-8-18)17-25-27-22-16-24(29-11-13-31-14-12-29)30-23(26-22)15-21(28-30)20-5-3-2-4-6-20/h2-10,15-17H,11-14H2,1H3,(H,26,27)/b25-17+. The first-order chi connectivity index (χ1) is 15.3. The van der Waals surface area contributed by atoms with E-state index in [-0.39, 0.29) is 0 Å². The topological polar surface area (TPSA) is 67.0 Å². The molecule has 0 radical (unpaired) electrons. The predicted octanol–water partition coefficient (Wildman–Crippen LogP) is 3.99. The van der Waals surface area contributed by atoms with Crippen molar-refractivity contribution in [2.75, 3.05) is 36.6 Å². The second-order valence-electron chi connectivity index (χ2n) is 7.55. The number of morpholine rings is 1. The third-order valence-corrected chi connectivity index (χ3v) is 5.28. The van der Waals surface area contributed by atoms with Gasteiger partial charge in [0, 0.05) is 30.8 Å². The molecule has 7 heteroatoms. The number of ether oxygens (including phenoxy) is 1. The van der Waals surface area contributed by atoms with Gasteiger partial charge in [-0.05, 0) is 12.5 Å². The molecule has 0 amide bonds. The van der Waals surface area contributed by atoms with E-state index in [1.807, 2.05) is 47.0 Å². The highest BCUT2D eigenvalue weighted by atomic mass is 16.5. The highest BCUT2D eigenvalue weighted by Crippen LogP contribution is 2.25. The Morgan fingerprint density at radius 2 is 1.77 bits per heavy atom. The average molecular weight is 412 g/mol. The molecule has 0 atom stereocenters. The maximum absolute atomic E-state index is 5.53. The summed E-state index contributed by atoms with van der Waals surface area (Å²) in [5, 5.41) is 9.23. The van der Waals surface area contributed by atoms with Crippen LogP contribution in [0.5, 0.6) is 0 Å². The van der Waals surface area contributed by atoms with Crippen molar-refractivity contribution in [2.24, 2.45) is 5.10 Å². The van der Waals surface area contributed by atoms with Gasteiger partial charge in [-0.2, -0.15) is 14.7 Å². The van der Waals surface area contributed by atoms with Crippen molar-refractivity contribution in [2.45, 2.75) is 6.92 Å². The summed E-state index contributed by atoms with van der Waals surface area (Å²) < 4.78 is 7.44. The maximum Gasteiger partial charge on any atom is 0.160 e. The highest BCUT2D eigenvalue weighted by Gasteiger charge is 2.18. The fourth-order valence-corrected chi connectivity index (χ4v) is 3.61. The lowest BCUT2D eigenvalue weighted by atomic mass is 10.2. The van der Waals surface area contributed by atoms with E-state index in [1.165, 1.54) is 5.56 Å². The van der Waals surface area contributed by atoms with Crippen LogP contribution in [0.25, 0.3) is 16.9 Å². The van der Waals surface area contributed by atoms with Gasteiger partial charge in [0.1, 0.15) is 5.82 Å². The summed E-state index contributed by atoms with van der Waals surface area (Å²) in [6, 6.07) is 22.4. The van der Waals surface area contributed by atoms with Crippen LogP contribution < -0.4 is 10.3 Å². The highest BCUT2D eigenvalue weighted by molar-refractivity contribution is 5.80. The first-order valence-corrected chi connectivity index (χ1v) is 10.4. The lowest BCUT2D eigenvalue weighted by Gasteiger charge is -2.29. The van der Waals surface area contributed by atoms with Gasteiger partial charge in [0.05, 0.1) is 25.1 Å². The molecule has 2 aromatic carbocycles. The lowest BCUT2D eigenvalue weighted by Crippen LogP contribution is -2.37. The number of anilines is 2. The summed E-state index contributed by atoms with van der Waals surface area (Å²) >= 11 is 0. The fraction of sp³-hybridized carbons (Fsp3) is 0.208. The minimum Gasteiger partial charge on any atom is -0.378 e. The Labute approximate surface area is 181 Å². The number of rotatable bonds is 5. The Bertz CT molecular complexity index is 1190. The van der Waals surface area contributed by atoms with E-state index < -0.39 is 0 Å². The molecule has 31 heavy (non-hydrogen) atoms. The molecule has 1 fully saturated rings. The molecular formula is C24H24N6O. The molecular weight excluding hydrogens is 388 g/mol. The van der Waals surface area contributed by atoms with E-state index >= 15 is 0 Å². The van der Waals surface area contributed by atoms with E-state index in [4.69, 9.17) is 14.8 Å². The molecule has 3 heterocycles. The molecule has 7 nitrogen and oxygen atoms in total. The van der Waals surface area contributed by atoms with Gasteiger partial charge in [0.25, 0.3) is 0 Å². The molecule has 4 aromatic rings. The van der Waals surface area contributed by atoms with Crippen LogP contribution in [0, 0.1) is 6.92 Å². The Morgan fingerprint density at radius 1 is 1.00 bits per heavy atom. The van der Waals surface area contributed by atoms with Crippen molar-refractivity contribution in [3.63, 3.8) is 0 Å². The van der Waals surface area contributed by atoms with Crippen LogP contribution in [-0.4, -0.2) is 47.1 Å². The predicted molar refractivity (Wildman–Crippen MR) is 124 cm³/mol. The Morgan fingerprint density at radius 3 is 2.55 bits per heavy atom.